The molecule has 3 aliphatic rings. The van der Waals surface area contributed by atoms with Gasteiger partial charge in [0.05, 0.1) is 0 Å². The fraction of sp³-hybridized carbons (Fsp3) is 0.545. The molecule has 0 saturated heterocycles. The molecule has 0 spiro atoms. The van der Waals surface area contributed by atoms with Gasteiger partial charge in [0.1, 0.15) is 0 Å². The van der Waals surface area contributed by atoms with Crippen LogP contribution < -0.4 is 37.2 Å². The Hall–Kier alpha value is 1.06. The van der Waals surface area contributed by atoms with E-state index in [2.05, 4.69) is 59.7 Å². The molecule has 3 aromatic carbocycles. The first-order valence-electron chi connectivity index (χ1n) is 13.6. The normalized spacial score (nSPS) is 14.0. The van der Waals surface area contributed by atoms with Crippen LogP contribution in [0.15, 0.2) is 18.2 Å². The molecule has 0 heterocycles. The van der Waals surface area contributed by atoms with Crippen molar-refractivity contribution in [3.05, 3.63) is 85.0 Å². The molecule has 6 heteroatoms. The largest absolute Gasteiger partial charge is 2.00 e. The summed E-state index contributed by atoms with van der Waals surface area (Å²) in [6.45, 7) is 13.5. The van der Waals surface area contributed by atoms with E-state index in [-0.39, 0.29) is 102 Å². The Morgan fingerprint density at radius 1 is 0.410 bits per heavy atom. The molecular formula is C33H45Cl3Ti3. The summed E-state index contributed by atoms with van der Waals surface area (Å²) in [4.78, 5) is 0. The summed E-state index contributed by atoms with van der Waals surface area (Å²) < 4.78 is 0. The fourth-order valence-electron chi connectivity index (χ4n) is 6.82. The maximum atomic E-state index is 2.34. The molecule has 0 N–H and O–H groups in total. The molecule has 0 unspecified atom stereocenters. The standard InChI is InChI=1S/3C11H15.3ClH.3Ti/c3*1-8-7-9(2)11-6-4-3-5-10(8)11;;;;;;/h3*7H,3-6H2,1-2H3;3*1H;;;/q3*-1;;;;3*+2/p-3. The van der Waals surface area contributed by atoms with Gasteiger partial charge in [-0.05, 0) is 0 Å². The third-order valence-electron chi connectivity index (χ3n) is 8.56. The zero-order valence-electron chi connectivity index (χ0n) is 24.9. The van der Waals surface area contributed by atoms with Gasteiger partial charge in [-0.2, -0.15) is 85.0 Å². The molecule has 0 aromatic heterocycles. The van der Waals surface area contributed by atoms with E-state index in [0.717, 1.165) is 0 Å². The Morgan fingerprint density at radius 3 is 0.821 bits per heavy atom. The number of halogens is 3. The van der Waals surface area contributed by atoms with Crippen LogP contribution in [0.3, 0.4) is 0 Å². The summed E-state index contributed by atoms with van der Waals surface area (Å²) in [6.07, 6.45) is 16.4. The molecule has 0 saturated carbocycles. The molecule has 3 aromatic rings. The first kappa shape index (κ1) is 44.5. The van der Waals surface area contributed by atoms with E-state index in [9.17, 15) is 0 Å². The SMILES string of the molecule is Cc1c[c-](C)c2c1CCCC2.Cc1c[c-](C)c2c1CCCC2.Cc1c[c-](C)c2c1CCCC2.[Cl-].[Cl-].[Cl-].[Ti+2].[Ti+2].[Ti+2]. The Morgan fingerprint density at radius 2 is 0.615 bits per heavy atom. The smallest absolute Gasteiger partial charge is 1.00 e. The molecule has 39 heavy (non-hydrogen) atoms. The summed E-state index contributed by atoms with van der Waals surface area (Å²) in [6, 6.07) is 7.03. The maximum absolute atomic E-state index is 2.34. The van der Waals surface area contributed by atoms with Crippen LogP contribution in [-0.4, -0.2) is 0 Å². The molecule has 0 amide bonds. The topological polar surface area (TPSA) is 0 Å². The fourth-order valence-corrected chi connectivity index (χ4v) is 6.82. The van der Waals surface area contributed by atoms with Crippen molar-refractivity contribution in [2.75, 3.05) is 0 Å². The van der Waals surface area contributed by atoms with Crippen molar-refractivity contribution < 1.29 is 102 Å². The van der Waals surface area contributed by atoms with E-state index in [4.69, 9.17) is 0 Å². The number of hydrogen-bond acceptors (Lipinski definition) is 0. The van der Waals surface area contributed by atoms with Crippen molar-refractivity contribution in [1.82, 2.24) is 0 Å². The van der Waals surface area contributed by atoms with Gasteiger partial charge >= 0.3 is 65.2 Å². The minimum Gasteiger partial charge on any atom is -1.00 e. The van der Waals surface area contributed by atoms with Crippen LogP contribution in [0.5, 0.6) is 0 Å². The zero-order valence-corrected chi connectivity index (χ0v) is 31.8. The second-order valence-corrected chi connectivity index (χ2v) is 11.0. The quantitative estimate of drug-likeness (QED) is 0.225. The van der Waals surface area contributed by atoms with Crippen molar-refractivity contribution >= 4 is 0 Å². The van der Waals surface area contributed by atoms with Crippen molar-refractivity contribution in [3.8, 4) is 0 Å². The molecule has 0 fully saturated rings. The monoisotopic (exact) mass is 690 g/mol. The molecule has 0 bridgehead atoms. The number of aryl methyl sites for hydroxylation is 6. The molecule has 0 radical (unpaired) electrons. The van der Waals surface area contributed by atoms with Crippen LogP contribution >= 0.6 is 0 Å². The van der Waals surface area contributed by atoms with Crippen LogP contribution in [0.25, 0.3) is 0 Å². The Balaban J connectivity index is -0.000000463. The van der Waals surface area contributed by atoms with Crippen LogP contribution in [0.4, 0.5) is 0 Å². The molecule has 0 atom stereocenters. The van der Waals surface area contributed by atoms with Crippen LogP contribution in [0, 0.1) is 41.5 Å². The van der Waals surface area contributed by atoms with Crippen molar-refractivity contribution in [1.29, 1.82) is 0 Å². The second kappa shape index (κ2) is 20.9. The van der Waals surface area contributed by atoms with Gasteiger partial charge in [0, 0.05) is 0 Å². The maximum Gasteiger partial charge on any atom is 2.00 e. The van der Waals surface area contributed by atoms with Crippen molar-refractivity contribution in [3.63, 3.8) is 0 Å². The summed E-state index contributed by atoms with van der Waals surface area (Å²) >= 11 is 0. The van der Waals surface area contributed by atoms with Gasteiger partial charge in [0.25, 0.3) is 0 Å². The number of rotatable bonds is 0. The van der Waals surface area contributed by atoms with E-state index in [1.54, 1.807) is 33.4 Å². The molecule has 3 aliphatic carbocycles. The predicted molar refractivity (Wildman–Crippen MR) is 144 cm³/mol. The van der Waals surface area contributed by atoms with E-state index >= 15 is 0 Å². The van der Waals surface area contributed by atoms with Crippen molar-refractivity contribution in [2.45, 2.75) is 119 Å². The van der Waals surface area contributed by atoms with Gasteiger partial charge in [-0.3, -0.25) is 0 Å². The summed E-state index contributed by atoms with van der Waals surface area (Å²) in [5, 5.41) is 0. The molecule has 6 rings (SSSR count). The van der Waals surface area contributed by atoms with Gasteiger partial charge in [0.2, 0.25) is 0 Å². The Labute approximate surface area is 303 Å². The molecule has 0 nitrogen and oxygen atoms in total. The second-order valence-electron chi connectivity index (χ2n) is 11.0. The summed E-state index contributed by atoms with van der Waals surface area (Å²) in [7, 11) is 0. The van der Waals surface area contributed by atoms with Gasteiger partial charge in [0.15, 0.2) is 0 Å². The first-order chi connectivity index (χ1) is 15.9. The number of hydrogen-bond donors (Lipinski definition) is 0. The first-order valence-corrected chi connectivity index (χ1v) is 13.6. The van der Waals surface area contributed by atoms with Crippen molar-refractivity contribution in [2.24, 2.45) is 0 Å². The minimum atomic E-state index is 0. The molecular weight excluding hydrogens is 646 g/mol. The van der Waals surface area contributed by atoms with Gasteiger partial charge in [-0.15, -0.1) is 0 Å². The summed E-state index contributed by atoms with van der Waals surface area (Å²) in [5.41, 5.74) is 19.1. The average Bonchev–Trinajstić information content (AvgIpc) is 3.41. The van der Waals surface area contributed by atoms with E-state index < -0.39 is 0 Å². The van der Waals surface area contributed by atoms with Gasteiger partial charge in [-0.25, -0.2) is 0 Å². The van der Waals surface area contributed by atoms with Crippen LogP contribution in [-0.2, 0) is 104 Å². The van der Waals surface area contributed by atoms with E-state index in [1.807, 2.05) is 0 Å². The van der Waals surface area contributed by atoms with Gasteiger partial charge in [-0.1, -0.05) is 119 Å². The predicted octanol–water partition coefficient (Wildman–Crippen LogP) is -0.292. The third-order valence-corrected chi connectivity index (χ3v) is 8.56. The number of fused-ring (bicyclic) bond motifs is 3. The molecule has 210 valence electrons. The summed E-state index contributed by atoms with van der Waals surface area (Å²) in [5.74, 6) is 0. The minimum absolute atomic E-state index is 0. The Kier molecular flexibility index (Phi) is 23.8. The van der Waals surface area contributed by atoms with Gasteiger partial charge < -0.3 is 37.2 Å². The Bertz CT molecular complexity index is 887. The molecule has 0 aliphatic heterocycles. The zero-order chi connectivity index (χ0) is 23.5. The van der Waals surface area contributed by atoms with E-state index in [0.29, 0.717) is 0 Å². The third kappa shape index (κ3) is 10.9. The van der Waals surface area contributed by atoms with Crippen LogP contribution in [0.1, 0.15) is 105 Å². The average molecular weight is 692 g/mol. The van der Waals surface area contributed by atoms with Crippen LogP contribution in [0.2, 0.25) is 0 Å². The van der Waals surface area contributed by atoms with E-state index in [1.165, 1.54) is 110 Å².